The van der Waals surface area contributed by atoms with Crippen molar-refractivity contribution in [1.82, 2.24) is 10.2 Å². The van der Waals surface area contributed by atoms with Crippen LogP contribution in [0.1, 0.15) is 31.2 Å². The van der Waals surface area contributed by atoms with Crippen molar-refractivity contribution in [2.45, 2.75) is 32.6 Å². The minimum atomic E-state index is -0.351. The molecule has 1 unspecified atom stereocenters. The van der Waals surface area contributed by atoms with E-state index in [1.54, 1.807) is 4.90 Å². The van der Waals surface area contributed by atoms with Gasteiger partial charge in [0, 0.05) is 44.7 Å². The molecule has 1 aromatic carbocycles. The number of amides is 3. The number of hydrogen-bond acceptors (Lipinski definition) is 3. The van der Waals surface area contributed by atoms with Gasteiger partial charge in [0.25, 0.3) is 0 Å². The Morgan fingerprint density at radius 3 is 2.52 bits per heavy atom. The Bertz CT molecular complexity index is 650. The van der Waals surface area contributed by atoms with Gasteiger partial charge < -0.3 is 15.1 Å². The highest BCUT2D eigenvalue weighted by atomic mass is 16.2. The molecular formula is C19H25N3O3. The average molecular weight is 343 g/mol. The van der Waals surface area contributed by atoms with E-state index in [9.17, 15) is 14.4 Å². The van der Waals surface area contributed by atoms with Crippen LogP contribution < -0.4 is 10.2 Å². The maximum atomic E-state index is 12.3. The van der Waals surface area contributed by atoms with Crippen molar-refractivity contribution in [3.8, 4) is 0 Å². The second-order valence-electron chi connectivity index (χ2n) is 6.87. The van der Waals surface area contributed by atoms with Gasteiger partial charge in [-0.3, -0.25) is 14.4 Å². The summed E-state index contributed by atoms with van der Waals surface area (Å²) >= 11 is 0. The molecule has 2 saturated heterocycles. The number of nitrogens with one attached hydrogen (secondary N) is 1. The zero-order valence-corrected chi connectivity index (χ0v) is 14.7. The molecule has 0 aliphatic carbocycles. The van der Waals surface area contributed by atoms with Gasteiger partial charge in [-0.15, -0.1) is 0 Å². The topological polar surface area (TPSA) is 69.7 Å². The molecule has 134 valence electrons. The molecule has 2 fully saturated rings. The predicted molar refractivity (Wildman–Crippen MR) is 95.1 cm³/mol. The van der Waals surface area contributed by atoms with Crippen molar-refractivity contribution in [2.24, 2.45) is 5.92 Å². The Morgan fingerprint density at radius 1 is 1.16 bits per heavy atom. The number of hydrogen-bond donors (Lipinski definition) is 1. The van der Waals surface area contributed by atoms with Crippen molar-refractivity contribution in [1.29, 1.82) is 0 Å². The van der Waals surface area contributed by atoms with Gasteiger partial charge in [0.15, 0.2) is 0 Å². The van der Waals surface area contributed by atoms with E-state index < -0.39 is 0 Å². The van der Waals surface area contributed by atoms with Crippen LogP contribution in [0, 0.1) is 12.8 Å². The summed E-state index contributed by atoms with van der Waals surface area (Å²) < 4.78 is 0. The molecule has 0 spiro atoms. The lowest BCUT2D eigenvalue weighted by Gasteiger charge is -2.17. The molecule has 1 aromatic rings. The third kappa shape index (κ3) is 4.18. The number of carbonyl (C=O) groups excluding carboxylic acids is 3. The second-order valence-corrected chi connectivity index (χ2v) is 6.87. The third-order valence-electron chi connectivity index (χ3n) is 4.94. The molecule has 0 radical (unpaired) electrons. The van der Waals surface area contributed by atoms with E-state index in [2.05, 4.69) is 5.32 Å². The average Bonchev–Trinajstić information content (AvgIpc) is 3.25. The smallest absolute Gasteiger partial charge is 0.227 e. The summed E-state index contributed by atoms with van der Waals surface area (Å²) in [5, 5.41) is 2.82. The van der Waals surface area contributed by atoms with Crippen molar-refractivity contribution >= 4 is 23.4 Å². The molecule has 6 nitrogen and oxygen atoms in total. The number of carbonyl (C=O) groups is 3. The van der Waals surface area contributed by atoms with Gasteiger partial charge in [0.05, 0.1) is 5.92 Å². The molecule has 6 heteroatoms. The number of likely N-dealkylation sites (tertiary alicyclic amines) is 1. The highest BCUT2D eigenvalue weighted by Gasteiger charge is 2.35. The fourth-order valence-electron chi connectivity index (χ4n) is 3.42. The molecule has 2 aliphatic heterocycles. The normalized spacial score (nSPS) is 20.2. The summed E-state index contributed by atoms with van der Waals surface area (Å²) in [4.78, 5) is 40.0. The summed E-state index contributed by atoms with van der Waals surface area (Å²) in [6.45, 7) is 4.39. The molecule has 2 aliphatic rings. The van der Waals surface area contributed by atoms with E-state index in [0.29, 0.717) is 19.5 Å². The number of aryl methyl sites for hydroxylation is 1. The first-order valence-corrected chi connectivity index (χ1v) is 8.97. The van der Waals surface area contributed by atoms with E-state index >= 15 is 0 Å². The molecule has 2 heterocycles. The fourth-order valence-corrected chi connectivity index (χ4v) is 3.42. The predicted octanol–water partition coefficient (Wildman–Crippen LogP) is 1.48. The molecule has 0 bridgehead atoms. The van der Waals surface area contributed by atoms with Crippen LogP contribution >= 0.6 is 0 Å². The fraction of sp³-hybridized carbons (Fsp3) is 0.526. The number of benzene rings is 1. The lowest BCUT2D eigenvalue weighted by Crippen LogP contribution is -2.36. The summed E-state index contributed by atoms with van der Waals surface area (Å²) in [6, 6.07) is 7.73. The number of anilines is 1. The first kappa shape index (κ1) is 17.5. The van der Waals surface area contributed by atoms with Crippen LogP contribution in [0.4, 0.5) is 5.69 Å². The van der Waals surface area contributed by atoms with Crippen LogP contribution in [-0.4, -0.2) is 48.8 Å². The zero-order valence-electron chi connectivity index (χ0n) is 14.7. The van der Waals surface area contributed by atoms with Crippen molar-refractivity contribution in [3.05, 3.63) is 29.8 Å². The van der Waals surface area contributed by atoms with Crippen LogP contribution in [0.5, 0.6) is 0 Å². The lowest BCUT2D eigenvalue weighted by atomic mass is 10.1. The first-order valence-electron chi connectivity index (χ1n) is 8.97. The summed E-state index contributed by atoms with van der Waals surface area (Å²) in [5.41, 5.74) is 1.96. The van der Waals surface area contributed by atoms with Crippen LogP contribution in [-0.2, 0) is 14.4 Å². The van der Waals surface area contributed by atoms with Crippen molar-refractivity contribution in [3.63, 3.8) is 0 Å². The second kappa shape index (κ2) is 7.68. The van der Waals surface area contributed by atoms with E-state index in [4.69, 9.17) is 0 Å². The van der Waals surface area contributed by atoms with Gasteiger partial charge in [-0.1, -0.05) is 17.7 Å². The minimum absolute atomic E-state index is 0.0304. The highest BCUT2D eigenvalue weighted by molar-refractivity contribution is 6.00. The number of nitrogens with zero attached hydrogens (tertiary/aromatic N) is 2. The van der Waals surface area contributed by atoms with Gasteiger partial charge in [0.1, 0.15) is 0 Å². The van der Waals surface area contributed by atoms with Crippen LogP contribution in [0.25, 0.3) is 0 Å². The molecular weight excluding hydrogens is 318 g/mol. The van der Waals surface area contributed by atoms with Crippen molar-refractivity contribution in [2.75, 3.05) is 31.1 Å². The van der Waals surface area contributed by atoms with Crippen LogP contribution in [0.2, 0.25) is 0 Å². The molecule has 25 heavy (non-hydrogen) atoms. The lowest BCUT2D eigenvalue weighted by molar-refractivity contribution is -0.130. The van der Waals surface area contributed by atoms with Gasteiger partial charge in [0.2, 0.25) is 17.7 Å². The monoisotopic (exact) mass is 343 g/mol. The van der Waals surface area contributed by atoms with Crippen LogP contribution in [0.3, 0.4) is 0 Å². The maximum absolute atomic E-state index is 12.3. The largest absolute Gasteiger partial charge is 0.355 e. The molecule has 1 atom stereocenters. The Balaban J connectivity index is 1.47. The third-order valence-corrected chi connectivity index (χ3v) is 4.94. The molecule has 1 N–H and O–H groups in total. The summed E-state index contributed by atoms with van der Waals surface area (Å²) in [6.07, 6.45) is 2.68. The quantitative estimate of drug-likeness (QED) is 0.880. The molecule has 0 saturated carbocycles. The van der Waals surface area contributed by atoms with Gasteiger partial charge in [-0.25, -0.2) is 0 Å². The van der Waals surface area contributed by atoms with Crippen molar-refractivity contribution < 1.29 is 14.4 Å². The minimum Gasteiger partial charge on any atom is -0.355 e. The molecule has 3 amide bonds. The maximum Gasteiger partial charge on any atom is 0.227 e. The molecule has 3 rings (SSSR count). The Kier molecular flexibility index (Phi) is 5.36. The standard InChI is InChI=1S/C19H25N3O3/c1-14-4-6-16(7-5-14)22-13-15(12-18(22)24)19(25)20-9-8-17(23)21-10-2-3-11-21/h4-7,15H,2-3,8-13H2,1H3,(H,20,25). The summed E-state index contributed by atoms with van der Waals surface area (Å²) in [5.74, 6) is -0.424. The highest BCUT2D eigenvalue weighted by Crippen LogP contribution is 2.25. The Hall–Kier alpha value is -2.37. The van der Waals surface area contributed by atoms with Gasteiger partial charge in [-0.05, 0) is 31.9 Å². The van der Waals surface area contributed by atoms with Gasteiger partial charge in [-0.2, -0.15) is 0 Å². The van der Waals surface area contributed by atoms with E-state index in [1.807, 2.05) is 36.1 Å². The van der Waals surface area contributed by atoms with E-state index in [1.165, 1.54) is 0 Å². The zero-order chi connectivity index (χ0) is 17.8. The van der Waals surface area contributed by atoms with Gasteiger partial charge >= 0.3 is 0 Å². The van der Waals surface area contributed by atoms with Crippen LogP contribution in [0.15, 0.2) is 24.3 Å². The number of rotatable bonds is 5. The van der Waals surface area contributed by atoms with E-state index in [0.717, 1.165) is 37.2 Å². The Morgan fingerprint density at radius 2 is 1.84 bits per heavy atom. The molecule has 0 aromatic heterocycles. The van der Waals surface area contributed by atoms with E-state index in [-0.39, 0.29) is 30.1 Å². The summed E-state index contributed by atoms with van der Waals surface area (Å²) in [7, 11) is 0. The Labute approximate surface area is 148 Å². The SMILES string of the molecule is Cc1ccc(N2CC(C(=O)NCCC(=O)N3CCCC3)CC2=O)cc1. The first-order chi connectivity index (χ1) is 12.0.